The van der Waals surface area contributed by atoms with Crippen LogP contribution < -0.4 is 5.32 Å². The summed E-state index contributed by atoms with van der Waals surface area (Å²) in [7, 11) is 0. The van der Waals surface area contributed by atoms with Gasteiger partial charge in [-0.25, -0.2) is 4.98 Å². The van der Waals surface area contributed by atoms with Crippen LogP contribution in [-0.2, 0) is 4.74 Å². The summed E-state index contributed by atoms with van der Waals surface area (Å²) >= 11 is 1.66. The highest BCUT2D eigenvalue weighted by Crippen LogP contribution is 2.21. The molecule has 0 aromatic carbocycles. The highest BCUT2D eigenvalue weighted by molar-refractivity contribution is 7.09. The molecule has 13 heavy (non-hydrogen) atoms. The SMILES string of the molecule is C[C@@H](O[C@@H]1CCNC1)c1nccs1. The number of hydrogen-bond acceptors (Lipinski definition) is 4. The van der Waals surface area contributed by atoms with E-state index in [9.17, 15) is 0 Å². The van der Waals surface area contributed by atoms with Crippen molar-refractivity contribution in [1.29, 1.82) is 0 Å². The number of thiazole rings is 1. The predicted octanol–water partition coefficient (Wildman–Crippen LogP) is 1.58. The Hall–Kier alpha value is -0.450. The molecular formula is C9H14N2OS. The molecule has 0 bridgehead atoms. The Balaban J connectivity index is 1.87. The van der Waals surface area contributed by atoms with Crippen LogP contribution in [0.3, 0.4) is 0 Å². The zero-order valence-corrected chi connectivity index (χ0v) is 8.51. The van der Waals surface area contributed by atoms with Crippen molar-refractivity contribution in [2.75, 3.05) is 13.1 Å². The van der Waals surface area contributed by atoms with Crippen LogP contribution in [0.4, 0.5) is 0 Å². The highest BCUT2D eigenvalue weighted by atomic mass is 32.1. The van der Waals surface area contributed by atoms with Gasteiger partial charge < -0.3 is 10.1 Å². The van der Waals surface area contributed by atoms with Gasteiger partial charge >= 0.3 is 0 Å². The van der Waals surface area contributed by atoms with Gasteiger partial charge in [0, 0.05) is 18.1 Å². The fourth-order valence-corrected chi connectivity index (χ4v) is 2.16. The van der Waals surface area contributed by atoms with E-state index >= 15 is 0 Å². The lowest BCUT2D eigenvalue weighted by atomic mass is 10.3. The standard InChI is InChI=1S/C9H14N2OS/c1-7(9-11-4-5-13-9)12-8-2-3-10-6-8/h4-5,7-8,10H,2-3,6H2,1H3/t7-,8-/m1/s1. The van der Waals surface area contributed by atoms with E-state index in [1.807, 2.05) is 11.6 Å². The lowest BCUT2D eigenvalue weighted by Gasteiger charge is -2.15. The molecule has 72 valence electrons. The molecule has 2 atom stereocenters. The maximum absolute atomic E-state index is 5.84. The van der Waals surface area contributed by atoms with Gasteiger partial charge in [0.25, 0.3) is 0 Å². The molecule has 0 spiro atoms. The third kappa shape index (κ3) is 2.27. The molecule has 1 fully saturated rings. The Kier molecular flexibility index (Phi) is 2.93. The first-order valence-electron chi connectivity index (χ1n) is 4.62. The number of rotatable bonds is 3. The van der Waals surface area contributed by atoms with E-state index in [1.54, 1.807) is 11.3 Å². The Morgan fingerprint density at radius 1 is 1.77 bits per heavy atom. The zero-order valence-electron chi connectivity index (χ0n) is 7.69. The number of hydrogen-bond donors (Lipinski definition) is 1. The first kappa shape index (κ1) is 9.12. The molecular weight excluding hydrogens is 184 g/mol. The van der Waals surface area contributed by atoms with Crippen molar-refractivity contribution in [3.05, 3.63) is 16.6 Å². The van der Waals surface area contributed by atoms with Gasteiger partial charge in [-0.3, -0.25) is 0 Å². The van der Waals surface area contributed by atoms with Gasteiger partial charge in [0.2, 0.25) is 0 Å². The monoisotopic (exact) mass is 198 g/mol. The summed E-state index contributed by atoms with van der Waals surface area (Å²) in [4.78, 5) is 4.23. The van der Waals surface area contributed by atoms with Crippen molar-refractivity contribution >= 4 is 11.3 Å². The van der Waals surface area contributed by atoms with Crippen molar-refractivity contribution in [3.8, 4) is 0 Å². The first-order valence-corrected chi connectivity index (χ1v) is 5.50. The Morgan fingerprint density at radius 2 is 2.69 bits per heavy atom. The minimum atomic E-state index is 0.143. The van der Waals surface area contributed by atoms with E-state index in [0.717, 1.165) is 24.5 Å². The molecule has 1 aliphatic rings. The maximum atomic E-state index is 5.84. The predicted molar refractivity (Wildman–Crippen MR) is 52.9 cm³/mol. The number of ether oxygens (including phenoxy) is 1. The van der Waals surface area contributed by atoms with Crippen molar-refractivity contribution in [3.63, 3.8) is 0 Å². The molecule has 1 N–H and O–H groups in total. The summed E-state index contributed by atoms with van der Waals surface area (Å²) in [5.74, 6) is 0. The summed E-state index contributed by atoms with van der Waals surface area (Å²) in [5.41, 5.74) is 0. The topological polar surface area (TPSA) is 34.1 Å². The van der Waals surface area contributed by atoms with E-state index in [0.29, 0.717) is 6.10 Å². The molecule has 1 aromatic rings. The molecule has 2 rings (SSSR count). The first-order chi connectivity index (χ1) is 6.36. The zero-order chi connectivity index (χ0) is 9.10. The van der Waals surface area contributed by atoms with Gasteiger partial charge in [-0.15, -0.1) is 11.3 Å². The molecule has 1 aromatic heterocycles. The van der Waals surface area contributed by atoms with Crippen LogP contribution in [0, 0.1) is 0 Å². The van der Waals surface area contributed by atoms with Crippen LogP contribution in [-0.4, -0.2) is 24.2 Å². The van der Waals surface area contributed by atoms with E-state index in [4.69, 9.17) is 4.74 Å². The van der Waals surface area contributed by atoms with Gasteiger partial charge in [0.05, 0.1) is 6.10 Å². The molecule has 1 saturated heterocycles. The van der Waals surface area contributed by atoms with Crippen LogP contribution in [0.2, 0.25) is 0 Å². The Bertz CT molecular complexity index is 244. The second-order valence-corrected chi connectivity index (χ2v) is 4.19. The lowest BCUT2D eigenvalue weighted by molar-refractivity contribution is 0.00818. The van der Waals surface area contributed by atoms with Gasteiger partial charge in [-0.05, 0) is 19.9 Å². The van der Waals surface area contributed by atoms with Crippen LogP contribution in [0.15, 0.2) is 11.6 Å². The van der Waals surface area contributed by atoms with Gasteiger partial charge in [-0.1, -0.05) is 0 Å². The van der Waals surface area contributed by atoms with Crippen LogP contribution in [0.1, 0.15) is 24.5 Å². The quantitative estimate of drug-likeness (QED) is 0.800. The third-order valence-corrected chi connectivity index (χ3v) is 3.15. The molecule has 0 radical (unpaired) electrons. The average Bonchev–Trinajstić information content (AvgIpc) is 2.74. The summed E-state index contributed by atoms with van der Waals surface area (Å²) < 4.78 is 5.84. The van der Waals surface area contributed by atoms with Crippen molar-refractivity contribution in [2.24, 2.45) is 0 Å². The van der Waals surface area contributed by atoms with E-state index in [2.05, 4.69) is 17.2 Å². The van der Waals surface area contributed by atoms with Gasteiger partial charge in [0.1, 0.15) is 11.1 Å². The molecule has 0 saturated carbocycles. The number of aromatic nitrogens is 1. The summed E-state index contributed by atoms with van der Waals surface area (Å²) in [6.07, 6.45) is 3.46. The molecule has 0 aliphatic carbocycles. The second-order valence-electron chi connectivity index (χ2n) is 3.26. The molecule has 0 amide bonds. The maximum Gasteiger partial charge on any atom is 0.121 e. The van der Waals surface area contributed by atoms with E-state index < -0.39 is 0 Å². The molecule has 2 heterocycles. The fourth-order valence-electron chi connectivity index (χ4n) is 1.53. The third-order valence-electron chi connectivity index (χ3n) is 2.21. The summed E-state index contributed by atoms with van der Waals surface area (Å²) in [6, 6.07) is 0. The Labute approximate surface area is 82.1 Å². The largest absolute Gasteiger partial charge is 0.367 e. The number of nitrogens with zero attached hydrogens (tertiary/aromatic N) is 1. The second kappa shape index (κ2) is 4.17. The minimum absolute atomic E-state index is 0.143. The Morgan fingerprint density at radius 3 is 3.31 bits per heavy atom. The summed E-state index contributed by atoms with van der Waals surface area (Å²) in [5, 5.41) is 6.34. The van der Waals surface area contributed by atoms with E-state index in [-0.39, 0.29) is 6.10 Å². The van der Waals surface area contributed by atoms with E-state index in [1.165, 1.54) is 0 Å². The minimum Gasteiger partial charge on any atom is -0.367 e. The lowest BCUT2D eigenvalue weighted by Crippen LogP contribution is -2.18. The van der Waals surface area contributed by atoms with Crippen LogP contribution in [0.25, 0.3) is 0 Å². The molecule has 1 aliphatic heterocycles. The van der Waals surface area contributed by atoms with Gasteiger partial charge in [0.15, 0.2) is 0 Å². The molecule has 0 unspecified atom stereocenters. The van der Waals surface area contributed by atoms with Crippen molar-refractivity contribution in [2.45, 2.75) is 25.6 Å². The smallest absolute Gasteiger partial charge is 0.121 e. The summed E-state index contributed by atoms with van der Waals surface area (Å²) in [6.45, 7) is 4.13. The normalized spacial score (nSPS) is 24.8. The average molecular weight is 198 g/mol. The molecule has 3 nitrogen and oxygen atoms in total. The van der Waals surface area contributed by atoms with Gasteiger partial charge in [-0.2, -0.15) is 0 Å². The molecule has 4 heteroatoms. The van der Waals surface area contributed by atoms with Crippen molar-refractivity contribution < 1.29 is 4.74 Å². The van der Waals surface area contributed by atoms with Crippen LogP contribution >= 0.6 is 11.3 Å². The fraction of sp³-hybridized carbons (Fsp3) is 0.667. The van der Waals surface area contributed by atoms with Crippen molar-refractivity contribution in [1.82, 2.24) is 10.3 Å². The highest BCUT2D eigenvalue weighted by Gasteiger charge is 2.19. The van der Waals surface area contributed by atoms with Crippen LogP contribution in [0.5, 0.6) is 0 Å². The number of nitrogens with one attached hydrogen (secondary N) is 1.